The lowest BCUT2D eigenvalue weighted by atomic mass is 10.1. The zero-order valence-electron chi connectivity index (χ0n) is 12.6. The molecule has 2 aromatic heterocycles. The van der Waals surface area contributed by atoms with E-state index in [1.165, 1.54) is 10.5 Å². The van der Waals surface area contributed by atoms with Crippen molar-refractivity contribution >= 4 is 22.3 Å². The highest BCUT2D eigenvalue weighted by Gasteiger charge is 2.12. The molecule has 0 amide bonds. The summed E-state index contributed by atoms with van der Waals surface area (Å²) >= 11 is 1.70. The van der Waals surface area contributed by atoms with E-state index in [4.69, 9.17) is 9.15 Å². The highest BCUT2D eigenvalue weighted by molar-refractivity contribution is 7.07. The van der Waals surface area contributed by atoms with E-state index in [1.807, 2.05) is 12.1 Å². The standard InChI is InChI=1S/C17H17NO3S/c1-18(9-12-5-6-22-11-12)10-13-7-17(19)21-16-8-14(20-2)3-4-15(13)16/h3-8,11H,9-10H2,1-2H3/p+1. The minimum atomic E-state index is -0.320. The molecule has 3 aromatic rings. The van der Waals surface area contributed by atoms with Gasteiger partial charge in [0.1, 0.15) is 24.4 Å². The summed E-state index contributed by atoms with van der Waals surface area (Å²) in [4.78, 5) is 13.1. The molecule has 0 saturated heterocycles. The number of hydrogen-bond acceptors (Lipinski definition) is 4. The van der Waals surface area contributed by atoms with Crippen molar-refractivity contribution in [2.75, 3.05) is 14.2 Å². The van der Waals surface area contributed by atoms with Gasteiger partial charge in [-0.05, 0) is 29.0 Å². The van der Waals surface area contributed by atoms with E-state index < -0.39 is 0 Å². The third-order valence-electron chi connectivity index (χ3n) is 3.62. The van der Waals surface area contributed by atoms with Crippen LogP contribution in [0.1, 0.15) is 11.1 Å². The maximum Gasteiger partial charge on any atom is 0.336 e. The first-order chi connectivity index (χ1) is 10.7. The van der Waals surface area contributed by atoms with Crippen LogP contribution in [0.15, 0.2) is 50.3 Å². The van der Waals surface area contributed by atoms with E-state index in [0.29, 0.717) is 11.3 Å². The molecule has 2 heterocycles. The fourth-order valence-corrected chi connectivity index (χ4v) is 3.28. The third-order valence-corrected chi connectivity index (χ3v) is 4.35. The predicted octanol–water partition coefficient (Wildman–Crippen LogP) is 2.08. The van der Waals surface area contributed by atoms with Crippen LogP contribution in [0.4, 0.5) is 0 Å². The van der Waals surface area contributed by atoms with E-state index in [1.54, 1.807) is 30.6 Å². The molecule has 1 unspecified atom stereocenters. The summed E-state index contributed by atoms with van der Waals surface area (Å²) in [6.07, 6.45) is 0. The normalized spacial score (nSPS) is 12.5. The number of benzene rings is 1. The summed E-state index contributed by atoms with van der Waals surface area (Å²) in [5, 5.41) is 5.21. The first-order valence-electron chi connectivity index (χ1n) is 7.09. The Hall–Kier alpha value is -2.11. The zero-order valence-corrected chi connectivity index (χ0v) is 13.4. The molecular weight excluding hydrogens is 298 g/mol. The lowest BCUT2D eigenvalue weighted by Gasteiger charge is -2.14. The zero-order chi connectivity index (χ0) is 15.5. The second-order valence-electron chi connectivity index (χ2n) is 5.40. The van der Waals surface area contributed by atoms with Crippen molar-refractivity contribution in [3.05, 3.63) is 62.6 Å². The summed E-state index contributed by atoms with van der Waals surface area (Å²) in [6, 6.07) is 9.32. The van der Waals surface area contributed by atoms with Crippen molar-refractivity contribution in [3.63, 3.8) is 0 Å². The average molecular weight is 316 g/mol. The summed E-state index contributed by atoms with van der Waals surface area (Å²) in [6.45, 7) is 1.70. The molecule has 22 heavy (non-hydrogen) atoms. The number of nitrogens with one attached hydrogen (secondary N) is 1. The van der Waals surface area contributed by atoms with Gasteiger partial charge >= 0.3 is 5.63 Å². The predicted molar refractivity (Wildman–Crippen MR) is 87.6 cm³/mol. The number of ether oxygens (including phenoxy) is 1. The Morgan fingerprint density at radius 2 is 2.09 bits per heavy atom. The van der Waals surface area contributed by atoms with Crippen LogP contribution in [0, 0.1) is 0 Å². The molecule has 5 heteroatoms. The van der Waals surface area contributed by atoms with Crippen molar-refractivity contribution < 1.29 is 14.1 Å². The van der Waals surface area contributed by atoms with Gasteiger partial charge in [-0.2, -0.15) is 11.3 Å². The molecule has 0 spiro atoms. The van der Waals surface area contributed by atoms with Gasteiger partial charge < -0.3 is 14.1 Å². The van der Waals surface area contributed by atoms with Gasteiger partial charge in [-0.15, -0.1) is 0 Å². The van der Waals surface area contributed by atoms with Crippen LogP contribution in [-0.2, 0) is 13.1 Å². The number of methoxy groups -OCH3 is 1. The van der Waals surface area contributed by atoms with Gasteiger partial charge in [0.25, 0.3) is 0 Å². The van der Waals surface area contributed by atoms with Crippen LogP contribution in [0.2, 0.25) is 0 Å². The molecule has 114 valence electrons. The quantitative estimate of drug-likeness (QED) is 0.733. The minimum Gasteiger partial charge on any atom is -0.497 e. The number of rotatable bonds is 5. The molecule has 1 atom stereocenters. The van der Waals surface area contributed by atoms with Crippen LogP contribution < -0.4 is 15.3 Å². The van der Waals surface area contributed by atoms with Crippen molar-refractivity contribution in [3.8, 4) is 5.75 Å². The summed E-state index contributed by atoms with van der Waals surface area (Å²) in [7, 11) is 3.73. The smallest absolute Gasteiger partial charge is 0.336 e. The van der Waals surface area contributed by atoms with E-state index in [2.05, 4.69) is 23.9 Å². The first kappa shape index (κ1) is 14.8. The van der Waals surface area contributed by atoms with Gasteiger partial charge in [-0.3, -0.25) is 0 Å². The molecule has 1 aromatic carbocycles. The topological polar surface area (TPSA) is 43.9 Å². The van der Waals surface area contributed by atoms with Crippen LogP contribution in [-0.4, -0.2) is 14.2 Å². The van der Waals surface area contributed by atoms with Gasteiger partial charge in [0, 0.05) is 28.6 Å². The number of fused-ring (bicyclic) bond motifs is 1. The highest BCUT2D eigenvalue weighted by atomic mass is 32.1. The molecule has 0 aliphatic carbocycles. The average Bonchev–Trinajstić information content (AvgIpc) is 2.99. The Morgan fingerprint density at radius 1 is 1.23 bits per heavy atom. The van der Waals surface area contributed by atoms with Crippen molar-refractivity contribution in [1.29, 1.82) is 0 Å². The molecule has 0 fully saturated rings. The van der Waals surface area contributed by atoms with Crippen LogP contribution in [0.5, 0.6) is 5.75 Å². The number of hydrogen-bond donors (Lipinski definition) is 1. The van der Waals surface area contributed by atoms with Gasteiger partial charge in [0.15, 0.2) is 0 Å². The fraction of sp³-hybridized carbons (Fsp3) is 0.235. The third kappa shape index (κ3) is 3.21. The van der Waals surface area contributed by atoms with Crippen LogP contribution in [0.25, 0.3) is 11.0 Å². The monoisotopic (exact) mass is 316 g/mol. The second-order valence-corrected chi connectivity index (χ2v) is 6.18. The summed E-state index contributed by atoms with van der Waals surface area (Å²) < 4.78 is 10.5. The van der Waals surface area contributed by atoms with E-state index in [9.17, 15) is 4.79 Å². The summed E-state index contributed by atoms with van der Waals surface area (Å²) in [5.41, 5.74) is 2.57. The lowest BCUT2D eigenvalue weighted by molar-refractivity contribution is -0.907. The van der Waals surface area contributed by atoms with Crippen molar-refractivity contribution in [2.24, 2.45) is 0 Å². The molecular formula is C17H18NO3S+. The fourth-order valence-electron chi connectivity index (χ4n) is 2.61. The molecule has 0 radical (unpaired) electrons. The second kappa shape index (κ2) is 6.34. The molecule has 0 aliphatic heterocycles. The number of thiophene rings is 1. The van der Waals surface area contributed by atoms with E-state index in [-0.39, 0.29) is 5.63 Å². The number of quaternary nitrogens is 1. The Kier molecular flexibility index (Phi) is 4.27. The molecule has 4 nitrogen and oxygen atoms in total. The lowest BCUT2D eigenvalue weighted by Crippen LogP contribution is -3.06. The molecule has 0 saturated carbocycles. The first-order valence-corrected chi connectivity index (χ1v) is 8.03. The SMILES string of the molecule is COc1ccc2c(C[NH+](C)Cc3ccsc3)cc(=O)oc2c1. The van der Waals surface area contributed by atoms with Gasteiger partial charge in [0.2, 0.25) is 0 Å². The molecule has 0 aliphatic rings. The Balaban J connectivity index is 1.90. The minimum absolute atomic E-state index is 0.320. The highest BCUT2D eigenvalue weighted by Crippen LogP contribution is 2.22. The van der Waals surface area contributed by atoms with Crippen LogP contribution in [0.3, 0.4) is 0 Å². The van der Waals surface area contributed by atoms with E-state index >= 15 is 0 Å². The maximum absolute atomic E-state index is 11.8. The Labute approximate surface area is 132 Å². The van der Waals surface area contributed by atoms with Gasteiger partial charge in [-0.1, -0.05) is 0 Å². The van der Waals surface area contributed by atoms with Crippen LogP contribution >= 0.6 is 11.3 Å². The molecule has 0 bridgehead atoms. The maximum atomic E-state index is 11.8. The van der Waals surface area contributed by atoms with Crippen molar-refractivity contribution in [2.45, 2.75) is 13.1 Å². The van der Waals surface area contributed by atoms with Crippen molar-refractivity contribution in [1.82, 2.24) is 0 Å². The van der Waals surface area contributed by atoms with Gasteiger partial charge in [-0.25, -0.2) is 4.79 Å². The van der Waals surface area contributed by atoms with E-state index in [0.717, 1.165) is 24.0 Å². The summed E-state index contributed by atoms with van der Waals surface area (Å²) in [5.74, 6) is 0.687. The Bertz CT molecular complexity index is 824. The molecule has 3 rings (SSSR count). The largest absolute Gasteiger partial charge is 0.497 e. The Morgan fingerprint density at radius 3 is 2.82 bits per heavy atom. The van der Waals surface area contributed by atoms with Gasteiger partial charge in [0.05, 0.1) is 14.2 Å². The molecule has 1 N–H and O–H groups in total.